The number of hydrogen-bond acceptors (Lipinski definition) is 3. The first-order chi connectivity index (χ1) is 28.5. The predicted molar refractivity (Wildman–Crippen MR) is 242 cm³/mol. The molecule has 3 heteroatoms. The summed E-state index contributed by atoms with van der Waals surface area (Å²) in [7, 11) is 0. The van der Waals surface area contributed by atoms with Crippen LogP contribution in [0.5, 0.6) is 0 Å². The minimum absolute atomic E-state index is 0.138. The van der Waals surface area contributed by atoms with E-state index in [0.29, 0.717) is 0 Å². The van der Waals surface area contributed by atoms with Gasteiger partial charge in [0.15, 0.2) is 0 Å². The minimum atomic E-state index is -0.138. The predicted octanol–water partition coefficient (Wildman–Crippen LogP) is 15.7. The van der Waals surface area contributed by atoms with Crippen LogP contribution in [0.25, 0.3) is 88.0 Å². The Morgan fingerprint density at radius 1 is 0.414 bits per heavy atom. The van der Waals surface area contributed by atoms with E-state index in [0.717, 1.165) is 72.1 Å². The first-order valence-electron chi connectivity index (χ1n) is 20.0. The van der Waals surface area contributed by atoms with Crippen molar-refractivity contribution in [2.24, 2.45) is 0 Å². The molecule has 0 bridgehead atoms. The van der Waals surface area contributed by atoms with Crippen molar-refractivity contribution >= 4 is 71.7 Å². The van der Waals surface area contributed by atoms with Crippen LogP contribution >= 0.6 is 0 Å². The molecular formula is C55H37NO2. The molecule has 1 aliphatic rings. The number of rotatable bonds is 5. The van der Waals surface area contributed by atoms with Crippen LogP contribution in [0.1, 0.15) is 25.0 Å². The van der Waals surface area contributed by atoms with Crippen molar-refractivity contribution in [3.05, 3.63) is 199 Å². The molecule has 12 rings (SSSR count). The van der Waals surface area contributed by atoms with Gasteiger partial charge in [-0.3, -0.25) is 0 Å². The topological polar surface area (TPSA) is 29.5 Å². The molecule has 0 amide bonds. The quantitative estimate of drug-likeness (QED) is 0.176. The summed E-state index contributed by atoms with van der Waals surface area (Å²) in [6.45, 7) is 4.68. The molecule has 0 radical (unpaired) electrons. The van der Waals surface area contributed by atoms with Gasteiger partial charge in [-0.25, -0.2) is 0 Å². The van der Waals surface area contributed by atoms with Crippen molar-refractivity contribution in [1.82, 2.24) is 0 Å². The zero-order valence-corrected chi connectivity index (χ0v) is 32.2. The zero-order chi connectivity index (χ0) is 38.5. The summed E-state index contributed by atoms with van der Waals surface area (Å²) in [6.07, 6.45) is 0. The first-order valence-corrected chi connectivity index (χ1v) is 20.0. The van der Waals surface area contributed by atoms with Gasteiger partial charge < -0.3 is 13.7 Å². The Balaban J connectivity index is 1.10. The summed E-state index contributed by atoms with van der Waals surface area (Å²) in [5.74, 6) is 0. The molecule has 2 aromatic heterocycles. The van der Waals surface area contributed by atoms with Gasteiger partial charge in [0.05, 0.1) is 5.69 Å². The monoisotopic (exact) mass is 743 g/mol. The fourth-order valence-corrected chi connectivity index (χ4v) is 9.64. The van der Waals surface area contributed by atoms with Crippen LogP contribution in [-0.2, 0) is 5.41 Å². The molecule has 0 fully saturated rings. The van der Waals surface area contributed by atoms with E-state index in [4.69, 9.17) is 8.83 Å². The van der Waals surface area contributed by atoms with Crippen molar-refractivity contribution in [2.75, 3.05) is 4.90 Å². The second-order valence-corrected chi connectivity index (χ2v) is 16.1. The highest BCUT2D eigenvalue weighted by atomic mass is 16.3. The van der Waals surface area contributed by atoms with Gasteiger partial charge in [-0.15, -0.1) is 0 Å². The van der Waals surface area contributed by atoms with Crippen molar-refractivity contribution in [3.63, 3.8) is 0 Å². The van der Waals surface area contributed by atoms with Crippen LogP contribution < -0.4 is 4.90 Å². The van der Waals surface area contributed by atoms with E-state index in [9.17, 15) is 0 Å². The van der Waals surface area contributed by atoms with Crippen LogP contribution in [-0.4, -0.2) is 0 Å². The number of hydrogen-bond donors (Lipinski definition) is 0. The zero-order valence-electron chi connectivity index (χ0n) is 32.2. The molecule has 58 heavy (non-hydrogen) atoms. The van der Waals surface area contributed by atoms with Crippen LogP contribution in [0.2, 0.25) is 0 Å². The van der Waals surface area contributed by atoms with Crippen LogP contribution in [0, 0.1) is 0 Å². The van der Waals surface area contributed by atoms with E-state index >= 15 is 0 Å². The van der Waals surface area contributed by atoms with Crippen molar-refractivity contribution in [2.45, 2.75) is 19.3 Å². The van der Waals surface area contributed by atoms with Crippen molar-refractivity contribution in [3.8, 4) is 33.4 Å². The molecular weight excluding hydrogens is 707 g/mol. The molecule has 9 aromatic carbocycles. The van der Waals surface area contributed by atoms with Gasteiger partial charge >= 0.3 is 0 Å². The van der Waals surface area contributed by atoms with Crippen LogP contribution in [0.15, 0.2) is 197 Å². The summed E-state index contributed by atoms with van der Waals surface area (Å²) < 4.78 is 13.7. The third-order valence-electron chi connectivity index (χ3n) is 12.5. The number of para-hydroxylation sites is 1. The minimum Gasteiger partial charge on any atom is -0.456 e. The highest BCUT2D eigenvalue weighted by molar-refractivity contribution is 6.24. The van der Waals surface area contributed by atoms with E-state index in [1.807, 2.05) is 6.07 Å². The standard InChI is InChI=1S/C55H37NO2/c1-55(2)46-20-10-8-18-41(46)42-29-25-37(31-47(42)55)52-53-43-19-9-11-22-49(43)57-51(53)33-45-44-32-39(28-30-50(44)58-54(45)52)56(48-21-12-16-36-15-6-7-17-40(36)48)38-26-23-35(24-27-38)34-13-4-3-5-14-34/h3-33H,1-2H3. The maximum absolute atomic E-state index is 7.02. The lowest BCUT2D eigenvalue weighted by molar-refractivity contribution is 0.660. The van der Waals surface area contributed by atoms with Crippen LogP contribution in [0.3, 0.4) is 0 Å². The molecule has 11 aromatic rings. The molecule has 2 heterocycles. The molecule has 0 spiro atoms. The summed E-state index contributed by atoms with van der Waals surface area (Å²) in [4.78, 5) is 2.37. The van der Waals surface area contributed by atoms with Gasteiger partial charge in [0.2, 0.25) is 0 Å². The second kappa shape index (κ2) is 12.3. The summed E-state index contributed by atoms with van der Waals surface area (Å²) in [5.41, 5.74) is 16.4. The third kappa shape index (κ3) is 4.80. The second-order valence-electron chi connectivity index (χ2n) is 16.1. The molecule has 1 aliphatic carbocycles. The van der Waals surface area contributed by atoms with Gasteiger partial charge in [-0.1, -0.05) is 147 Å². The van der Waals surface area contributed by atoms with E-state index in [1.165, 1.54) is 44.2 Å². The normalized spacial score (nSPS) is 13.1. The SMILES string of the molecule is CC1(C)c2ccccc2-c2ccc(-c3c4oc5ccc(N(c6ccc(-c7ccccc7)cc6)c6cccc7ccccc67)cc5c4cc4oc5ccccc5c34)cc21. The molecule has 0 saturated heterocycles. The number of benzene rings is 9. The fourth-order valence-electron chi connectivity index (χ4n) is 9.64. The molecule has 0 atom stereocenters. The lowest BCUT2D eigenvalue weighted by Gasteiger charge is -2.27. The highest BCUT2D eigenvalue weighted by Crippen LogP contribution is 2.52. The average molecular weight is 744 g/mol. The number of fused-ring (bicyclic) bond motifs is 10. The molecule has 0 saturated carbocycles. The Bertz CT molecular complexity index is 3420. The lowest BCUT2D eigenvalue weighted by atomic mass is 9.81. The Hall–Kier alpha value is -7.36. The van der Waals surface area contributed by atoms with E-state index < -0.39 is 0 Å². The number of nitrogens with zero attached hydrogens (tertiary/aromatic N) is 1. The van der Waals surface area contributed by atoms with Crippen molar-refractivity contribution in [1.29, 1.82) is 0 Å². The number of anilines is 3. The Morgan fingerprint density at radius 3 is 1.97 bits per heavy atom. The van der Waals surface area contributed by atoms with Gasteiger partial charge in [0.1, 0.15) is 22.3 Å². The van der Waals surface area contributed by atoms with E-state index in [2.05, 4.69) is 201 Å². The maximum atomic E-state index is 7.02. The largest absolute Gasteiger partial charge is 0.456 e. The van der Waals surface area contributed by atoms with Crippen molar-refractivity contribution < 1.29 is 8.83 Å². The lowest BCUT2D eigenvalue weighted by Crippen LogP contribution is -2.14. The summed E-state index contributed by atoms with van der Waals surface area (Å²) in [6, 6.07) is 67.5. The van der Waals surface area contributed by atoms with Gasteiger partial charge in [0, 0.05) is 49.3 Å². The van der Waals surface area contributed by atoms with E-state index in [-0.39, 0.29) is 5.41 Å². The first kappa shape index (κ1) is 32.8. The highest BCUT2D eigenvalue weighted by Gasteiger charge is 2.36. The Morgan fingerprint density at radius 2 is 1.09 bits per heavy atom. The van der Waals surface area contributed by atoms with Gasteiger partial charge in [0.25, 0.3) is 0 Å². The summed E-state index contributed by atoms with van der Waals surface area (Å²) >= 11 is 0. The molecule has 0 unspecified atom stereocenters. The average Bonchev–Trinajstić information content (AvgIpc) is 3.90. The maximum Gasteiger partial charge on any atom is 0.144 e. The Labute approximate surface area is 336 Å². The van der Waals surface area contributed by atoms with E-state index in [1.54, 1.807) is 0 Å². The summed E-state index contributed by atoms with van der Waals surface area (Å²) in [5, 5.41) is 6.60. The number of furan rings is 2. The molecule has 3 nitrogen and oxygen atoms in total. The van der Waals surface area contributed by atoms with Crippen LogP contribution in [0.4, 0.5) is 17.1 Å². The molecule has 274 valence electrons. The van der Waals surface area contributed by atoms with Gasteiger partial charge in [-0.05, 0) is 98.9 Å². The fraction of sp³-hybridized carbons (Fsp3) is 0.0545. The Kier molecular flexibility index (Phi) is 6.98. The molecule has 0 N–H and O–H groups in total. The van der Waals surface area contributed by atoms with Gasteiger partial charge in [-0.2, -0.15) is 0 Å². The third-order valence-corrected chi connectivity index (χ3v) is 12.5. The smallest absolute Gasteiger partial charge is 0.144 e. The molecule has 0 aliphatic heterocycles.